The first-order valence-corrected chi connectivity index (χ1v) is 7.77. The summed E-state index contributed by atoms with van der Waals surface area (Å²) in [6.45, 7) is 4.17. The molecule has 22 heavy (non-hydrogen) atoms. The van der Waals surface area contributed by atoms with Crippen molar-refractivity contribution in [1.82, 2.24) is 0 Å². The molecule has 0 radical (unpaired) electrons. The van der Waals surface area contributed by atoms with Crippen molar-refractivity contribution in [2.45, 2.75) is 25.9 Å². The van der Waals surface area contributed by atoms with Crippen molar-refractivity contribution in [1.29, 1.82) is 0 Å². The normalized spacial score (nSPS) is 16.2. The Bertz CT molecular complexity index is 743. The van der Waals surface area contributed by atoms with E-state index in [1.165, 1.54) is 0 Å². The molecule has 114 valence electrons. The fourth-order valence-electron chi connectivity index (χ4n) is 2.63. The number of hydrogen-bond donors (Lipinski definition) is 1. The molecule has 3 rings (SSSR count). The van der Waals surface area contributed by atoms with Crippen molar-refractivity contribution >= 4 is 40.5 Å². The molecule has 1 N–H and O–H groups in total. The standard InChI is InChI=1S/C17H16Cl2N2O/c1-17(2)16(22)21(15-6-4-3-5-14(15)20-17)10-11-7-8-12(18)9-13(11)19/h3-9,20H,10H2,1-2H3. The molecule has 1 amide bonds. The average Bonchev–Trinajstić information content (AvgIpc) is 2.45. The van der Waals surface area contributed by atoms with E-state index in [0.29, 0.717) is 16.6 Å². The number of amides is 1. The molecule has 0 spiro atoms. The number of rotatable bonds is 2. The van der Waals surface area contributed by atoms with Gasteiger partial charge >= 0.3 is 0 Å². The van der Waals surface area contributed by atoms with E-state index in [4.69, 9.17) is 23.2 Å². The third-order valence-electron chi connectivity index (χ3n) is 3.77. The number of benzene rings is 2. The van der Waals surface area contributed by atoms with Crippen LogP contribution in [-0.2, 0) is 11.3 Å². The highest BCUT2D eigenvalue weighted by Gasteiger charge is 2.38. The lowest BCUT2D eigenvalue weighted by atomic mass is 9.97. The van der Waals surface area contributed by atoms with Crippen molar-refractivity contribution < 1.29 is 4.79 Å². The van der Waals surface area contributed by atoms with Crippen LogP contribution < -0.4 is 10.2 Å². The van der Waals surface area contributed by atoms with Gasteiger partial charge in [-0.3, -0.25) is 4.79 Å². The molecule has 0 unspecified atom stereocenters. The minimum Gasteiger partial charge on any atom is -0.370 e. The SMILES string of the molecule is CC1(C)Nc2ccccc2N(Cc2ccc(Cl)cc2Cl)C1=O. The lowest BCUT2D eigenvalue weighted by Crippen LogP contribution is -2.53. The summed E-state index contributed by atoms with van der Waals surface area (Å²) >= 11 is 12.2. The van der Waals surface area contributed by atoms with E-state index in [1.807, 2.05) is 44.2 Å². The van der Waals surface area contributed by atoms with Crippen LogP contribution in [0.4, 0.5) is 11.4 Å². The van der Waals surface area contributed by atoms with Crippen LogP contribution in [-0.4, -0.2) is 11.4 Å². The Morgan fingerprint density at radius 3 is 2.59 bits per heavy atom. The molecule has 0 atom stereocenters. The molecule has 1 aliphatic heterocycles. The molecule has 0 aliphatic carbocycles. The summed E-state index contributed by atoms with van der Waals surface area (Å²) in [6, 6.07) is 13.1. The van der Waals surface area contributed by atoms with E-state index in [0.717, 1.165) is 16.9 Å². The van der Waals surface area contributed by atoms with Gasteiger partial charge in [-0.1, -0.05) is 41.4 Å². The Balaban J connectivity index is 2.03. The zero-order valence-electron chi connectivity index (χ0n) is 12.4. The quantitative estimate of drug-likeness (QED) is 0.860. The molecule has 0 saturated carbocycles. The number of para-hydroxylation sites is 2. The van der Waals surface area contributed by atoms with E-state index in [9.17, 15) is 4.79 Å². The Morgan fingerprint density at radius 1 is 1.14 bits per heavy atom. The lowest BCUT2D eigenvalue weighted by molar-refractivity contribution is -0.122. The maximum Gasteiger partial charge on any atom is 0.252 e. The Kier molecular flexibility index (Phi) is 3.79. The number of hydrogen-bond acceptors (Lipinski definition) is 2. The summed E-state index contributed by atoms with van der Waals surface area (Å²) in [7, 11) is 0. The largest absolute Gasteiger partial charge is 0.370 e. The number of nitrogens with one attached hydrogen (secondary N) is 1. The molecule has 3 nitrogen and oxygen atoms in total. The van der Waals surface area contributed by atoms with Gasteiger partial charge in [-0.15, -0.1) is 0 Å². The number of nitrogens with zero attached hydrogens (tertiary/aromatic N) is 1. The second-order valence-corrected chi connectivity index (χ2v) is 6.74. The number of carbonyl (C=O) groups is 1. The van der Waals surface area contributed by atoms with E-state index in [2.05, 4.69) is 5.32 Å². The van der Waals surface area contributed by atoms with Gasteiger partial charge in [0, 0.05) is 10.0 Å². The van der Waals surface area contributed by atoms with Gasteiger partial charge in [-0.2, -0.15) is 0 Å². The molecule has 0 bridgehead atoms. The highest BCUT2D eigenvalue weighted by Crippen LogP contribution is 2.36. The number of fused-ring (bicyclic) bond motifs is 1. The minimum atomic E-state index is -0.659. The predicted octanol–water partition coefficient (Wildman–Crippen LogP) is 4.73. The molecule has 2 aromatic rings. The summed E-state index contributed by atoms with van der Waals surface area (Å²) in [5.41, 5.74) is 2.01. The van der Waals surface area contributed by atoms with Crippen LogP contribution in [0.2, 0.25) is 10.0 Å². The summed E-state index contributed by atoms with van der Waals surface area (Å²) in [5, 5.41) is 4.43. The molecular formula is C17H16Cl2N2O. The van der Waals surface area contributed by atoms with Crippen molar-refractivity contribution in [3.63, 3.8) is 0 Å². The third kappa shape index (κ3) is 2.67. The van der Waals surface area contributed by atoms with Crippen molar-refractivity contribution in [3.05, 3.63) is 58.1 Å². The smallest absolute Gasteiger partial charge is 0.252 e. The monoisotopic (exact) mass is 334 g/mol. The molecule has 0 saturated heterocycles. The van der Waals surface area contributed by atoms with Crippen LogP contribution in [0.5, 0.6) is 0 Å². The zero-order valence-corrected chi connectivity index (χ0v) is 13.9. The number of anilines is 2. The van der Waals surface area contributed by atoms with Crippen LogP contribution in [0.1, 0.15) is 19.4 Å². The van der Waals surface area contributed by atoms with E-state index in [-0.39, 0.29) is 5.91 Å². The van der Waals surface area contributed by atoms with E-state index >= 15 is 0 Å². The maximum absolute atomic E-state index is 12.8. The van der Waals surface area contributed by atoms with Gasteiger partial charge in [0.05, 0.1) is 17.9 Å². The van der Waals surface area contributed by atoms with Crippen molar-refractivity contribution in [2.75, 3.05) is 10.2 Å². The first-order chi connectivity index (χ1) is 10.4. The summed E-state index contributed by atoms with van der Waals surface area (Å²) in [6.07, 6.45) is 0. The molecule has 0 aromatic heterocycles. The van der Waals surface area contributed by atoms with E-state index in [1.54, 1.807) is 17.0 Å². The molecule has 1 heterocycles. The zero-order chi connectivity index (χ0) is 15.9. The minimum absolute atomic E-state index is 0.0113. The van der Waals surface area contributed by atoms with Crippen LogP contribution in [0, 0.1) is 0 Å². The maximum atomic E-state index is 12.8. The molecule has 5 heteroatoms. The Labute approximate surface area is 139 Å². The lowest BCUT2D eigenvalue weighted by Gasteiger charge is -2.40. The fraction of sp³-hybridized carbons (Fsp3) is 0.235. The first-order valence-electron chi connectivity index (χ1n) is 7.01. The molecular weight excluding hydrogens is 319 g/mol. The topological polar surface area (TPSA) is 32.3 Å². The van der Waals surface area contributed by atoms with Gasteiger partial charge < -0.3 is 10.2 Å². The highest BCUT2D eigenvalue weighted by molar-refractivity contribution is 6.35. The molecule has 1 aliphatic rings. The van der Waals surface area contributed by atoms with Crippen molar-refractivity contribution in [2.24, 2.45) is 0 Å². The van der Waals surface area contributed by atoms with Gasteiger partial charge in [0.2, 0.25) is 0 Å². The van der Waals surface area contributed by atoms with Gasteiger partial charge in [0.15, 0.2) is 0 Å². The number of carbonyl (C=O) groups excluding carboxylic acids is 1. The third-order valence-corrected chi connectivity index (χ3v) is 4.35. The Hall–Kier alpha value is -1.71. The van der Waals surface area contributed by atoms with E-state index < -0.39 is 5.54 Å². The van der Waals surface area contributed by atoms with Crippen LogP contribution in [0.25, 0.3) is 0 Å². The Morgan fingerprint density at radius 2 is 1.86 bits per heavy atom. The fourth-order valence-corrected chi connectivity index (χ4v) is 3.10. The van der Waals surface area contributed by atoms with Gasteiger partial charge in [0.1, 0.15) is 5.54 Å². The first kappa shape index (κ1) is 15.2. The molecule has 2 aromatic carbocycles. The van der Waals surface area contributed by atoms with Crippen LogP contribution >= 0.6 is 23.2 Å². The summed E-state index contributed by atoms with van der Waals surface area (Å²) < 4.78 is 0. The van der Waals surface area contributed by atoms with Gasteiger partial charge in [-0.25, -0.2) is 0 Å². The van der Waals surface area contributed by atoms with Crippen LogP contribution in [0.15, 0.2) is 42.5 Å². The van der Waals surface area contributed by atoms with Gasteiger partial charge in [0.25, 0.3) is 5.91 Å². The van der Waals surface area contributed by atoms with Crippen LogP contribution in [0.3, 0.4) is 0 Å². The predicted molar refractivity (Wildman–Crippen MR) is 91.8 cm³/mol. The average molecular weight is 335 g/mol. The molecule has 0 fully saturated rings. The summed E-state index contributed by atoms with van der Waals surface area (Å²) in [5.74, 6) is 0.0113. The van der Waals surface area contributed by atoms with Gasteiger partial charge in [-0.05, 0) is 43.7 Å². The number of halogens is 2. The highest BCUT2D eigenvalue weighted by atomic mass is 35.5. The van der Waals surface area contributed by atoms with Crippen molar-refractivity contribution in [3.8, 4) is 0 Å². The summed E-state index contributed by atoms with van der Waals surface area (Å²) in [4.78, 5) is 14.6. The second kappa shape index (κ2) is 5.49. The second-order valence-electron chi connectivity index (χ2n) is 5.89.